The number of hydrogen-bond acceptors (Lipinski definition) is 6. The van der Waals surface area contributed by atoms with Crippen LogP contribution in [0.3, 0.4) is 0 Å². The van der Waals surface area contributed by atoms with Crippen molar-refractivity contribution in [2.24, 2.45) is 0 Å². The molecule has 48 heavy (non-hydrogen) atoms. The summed E-state index contributed by atoms with van der Waals surface area (Å²) in [7, 11) is 0. The van der Waals surface area contributed by atoms with Gasteiger partial charge in [-0.3, -0.25) is 9.59 Å². The Kier molecular flexibility index (Phi) is 30.8. The number of esters is 2. The molecule has 0 saturated carbocycles. The number of hydrogen-bond donors (Lipinski definition) is 1. The zero-order valence-electron chi connectivity index (χ0n) is 31.2. The third-order valence-corrected chi connectivity index (χ3v) is 9.05. The van der Waals surface area contributed by atoms with E-state index in [-0.39, 0.29) is 25.2 Å². The molecule has 0 amide bonds. The van der Waals surface area contributed by atoms with Crippen LogP contribution in [0.2, 0.25) is 0 Å². The minimum Gasteiger partial charge on any atom is -0.463 e. The van der Waals surface area contributed by atoms with E-state index in [1.54, 1.807) is 0 Å². The molecule has 1 aliphatic rings. The van der Waals surface area contributed by atoms with Gasteiger partial charge in [-0.15, -0.1) is 0 Å². The molecular formula is C42H74O6. The number of ether oxygens (including phenoxy) is 3. The van der Waals surface area contributed by atoms with Gasteiger partial charge in [0.25, 0.3) is 0 Å². The number of rotatable bonds is 35. The van der Waals surface area contributed by atoms with Crippen LogP contribution >= 0.6 is 0 Å². The highest BCUT2D eigenvalue weighted by molar-refractivity contribution is 5.69. The third kappa shape index (κ3) is 30.2. The normalized spacial score (nSPS) is 16.7. The van der Waals surface area contributed by atoms with Gasteiger partial charge in [0.15, 0.2) is 0 Å². The summed E-state index contributed by atoms with van der Waals surface area (Å²) in [6, 6.07) is 0. The average molecular weight is 675 g/mol. The summed E-state index contributed by atoms with van der Waals surface area (Å²) >= 11 is 0. The maximum Gasteiger partial charge on any atom is 0.305 e. The Bertz CT molecular complexity index is 834. The lowest BCUT2D eigenvalue weighted by Crippen LogP contribution is -2.25. The second-order valence-corrected chi connectivity index (χ2v) is 13.8. The Morgan fingerprint density at radius 3 is 1.54 bits per heavy atom. The van der Waals surface area contributed by atoms with Gasteiger partial charge in [0.1, 0.15) is 19.3 Å². The fraction of sp³-hybridized carbons (Fsp3) is 0.810. The van der Waals surface area contributed by atoms with Crippen LogP contribution in [0.25, 0.3) is 0 Å². The summed E-state index contributed by atoms with van der Waals surface area (Å²) in [6.07, 6.45) is 43.8. The first-order chi connectivity index (χ1) is 23.6. The van der Waals surface area contributed by atoms with E-state index in [4.69, 9.17) is 14.2 Å². The fourth-order valence-corrected chi connectivity index (χ4v) is 5.88. The average Bonchev–Trinajstić information content (AvgIpc) is 3.84. The topological polar surface area (TPSA) is 85.4 Å². The highest BCUT2D eigenvalue weighted by atomic mass is 16.6. The van der Waals surface area contributed by atoms with Crippen LogP contribution in [0.1, 0.15) is 187 Å². The molecule has 0 spiro atoms. The number of carbonyl (C=O) groups is 2. The zero-order valence-corrected chi connectivity index (χ0v) is 31.2. The molecule has 0 radical (unpaired) electrons. The molecule has 0 aromatic carbocycles. The monoisotopic (exact) mass is 675 g/mol. The Morgan fingerprint density at radius 2 is 1.00 bits per heavy atom. The van der Waals surface area contributed by atoms with E-state index >= 15 is 0 Å². The van der Waals surface area contributed by atoms with Crippen molar-refractivity contribution in [2.75, 3.05) is 13.2 Å². The summed E-state index contributed by atoms with van der Waals surface area (Å²) < 4.78 is 16.0. The van der Waals surface area contributed by atoms with Gasteiger partial charge in [-0.1, -0.05) is 166 Å². The van der Waals surface area contributed by atoms with Crippen molar-refractivity contribution in [3.63, 3.8) is 0 Å². The van der Waals surface area contributed by atoms with Gasteiger partial charge in [0.05, 0.1) is 12.2 Å². The van der Waals surface area contributed by atoms with Crippen molar-refractivity contribution in [2.45, 2.75) is 206 Å². The minimum absolute atomic E-state index is 0.133. The lowest BCUT2D eigenvalue weighted by Gasteiger charge is -2.12. The van der Waals surface area contributed by atoms with Crippen molar-refractivity contribution in [1.29, 1.82) is 0 Å². The lowest BCUT2D eigenvalue weighted by atomic mass is 10.0. The molecule has 1 saturated heterocycles. The quantitative estimate of drug-likeness (QED) is 0.0312. The Morgan fingerprint density at radius 1 is 0.562 bits per heavy atom. The molecule has 1 heterocycles. The molecule has 278 valence electrons. The van der Waals surface area contributed by atoms with Gasteiger partial charge in [0, 0.05) is 12.8 Å². The van der Waals surface area contributed by atoms with Crippen LogP contribution in [0.4, 0.5) is 0 Å². The molecule has 1 fully saturated rings. The van der Waals surface area contributed by atoms with E-state index in [2.05, 4.69) is 50.3 Å². The number of carbonyl (C=O) groups excluding carboxylic acids is 2. The van der Waals surface area contributed by atoms with Crippen LogP contribution in [0.15, 0.2) is 36.5 Å². The van der Waals surface area contributed by atoms with Gasteiger partial charge in [-0.25, -0.2) is 0 Å². The van der Waals surface area contributed by atoms with E-state index in [1.165, 1.54) is 109 Å². The first kappa shape index (κ1) is 44.1. The standard InChI is InChI=1S/C42H74O6/c1-3-5-7-8-9-10-11-12-13-14-15-16-20-23-26-30-34-41(44)46-36-38(43)37-47-42(45)35-31-27-24-21-18-17-19-22-25-29-33-40-39(48-40)32-28-6-4-2/h17,19,21,24-25,29,38-40,43H,3-16,18,20,22-23,26-28,30-37H2,1-2H3/b19-17-,24-21-,29-25-/t38-,39?,40?/m0/s1. The summed E-state index contributed by atoms with van der Waals surface area (Å²) in [6.45, 7) is 4.23. The molecule has 0 aromatic rings. The Hall–Kier alpha value is -1.92. The van der Waals surface area contributed by atoms with Crippen molar-refractivity contribution in [1.82, 2.24) is 0 Å². The third-order valence-electron chi connectivity index (χ3n) is 9.05. The van der Waals surface area contributed by atoms with Gasteiger partial charge in [-0.05, 0) is 44.9 Å². The smallest absolute Gasteiger partial charge is 0.305 e. The molecule has 6 nitrogen and oxygen atoms in total. The number of unbranched alkanes of at least 4 members (excludes halogenated alkanes) is 18. The maximum absolute atomic E-state index is 12.0. The maximum atomic E-state index is 12.0. The van der Waals surface area contributed by atoms with Gasteiger partial charge < -0.3 is 19.3 Å². The predicted molar refractivity (Wildman–Crippen MR) is 200 cm³/mol. The van der Waals surface area contributed by atoms with Crippen LogP contribution in [-0.4, -0.2) is 48.6 Å². The summed E-state index contributed by atoms with van der Waals surface area (Å²) in [5, 5.41) is 10.0. The molecule has 0 aromatic heterocycles. The van der Waals surface area contributed by atoms with Crippen LogP contribution < -0.4 is 0 Å². The number of aliphatic hydroxyl groups is 1. The summed E-state index contributed by atoms with van der Waals surface area (Å²) in [5.74, 6) is -0.629. The van der Waals surface area contributed by atoms with Crippen LogP contribution in [0.5, 0.6) is 0 Å². The Labute approximate surface area is 295 Å². The minimum atomic E-state index is -0.986. The van der Waals surface area contributed by atoms with E-state index < -0.39 is 6.10 Å². The number of allylic oxidation sites excluding steroid dienone is 5. The highest BCUT2D eigenvalue weighted by Gasteiger charge is 2.36. The largest absolute Gasteiger partial charge is 0.463 e. The molecular weight excluding hydrogens is 600 g/mol. The van der Waals surface area contributed by atoms with E-state index in [9.17, 15) is 14.7 Å². The summed E-state index contributed by atoms with van der Waals surface area (Å²) in [4.78, 5) is 23.9. The second-order valence-electron chi connectivity index (χ2n) is 13.8. The first-order valence-corrected chi connectivity index (χ1v) is 20.2. The van der Waals surface area contributed by atoms with E-state index in [0.29, 0.717) is 31.5 Å². The highest BCUT2D eigenvalue weighted by Crippen LogP contribution is 2.30. The second kappa shape index (κ2) is 33.6. The van der Waals surface area contributed by atoms with Crippen molar-refractivity contribution in [3.8, 4) is 0 Å². The van der Waals surface area contributed by atoms with Crippen LogP contribution in [-0.2, 0) is 23.8 Å². The Balaban J connectivity index is 1.84. The van der Waals surface area contributed by atoms with Crippen LogP contribution in [0, 0.1) is 0 Å². The van der Waals surface area contributed by atoms with Gasteiger partial charge in [0.2, 0.25) is 0 Å². The molecule has 1 rings (SSSR count). The molecule has 0 aliphatic carbocycles. The lowest BCUT2D eigenvalue weighted by molar-refractivity contribution is -0.152. The number of epoxide rings is 1. The molecule has 6 heteroatoms. The first-order valence-electron chi connectivity index (χ1n) is 20.2. The van der Waals surface area contributed by atoms with E-state index in [1.807, 2.05) is 0 Å². The zero-order chi connectivity index (χ0) is 34.8. The van der Waals surface area contributed by atoms with E-state index in [0.717, 1.165) is 44.9 Å². The van der Waals surface area contributed by atoms with Gasteiger partial charge in [-0.2, -0.15) is 0 Å². The molecule has 0 bridgehead atoms. The predicted octanol–water partition coefficient (Wildman–Crippen LogP) is 11.4. The SMILES string of the molecule is CCCCCCCCCCCCCCCCCCC(=O)OC[C@H](O)COC(=O)CCC/C=C\C/C=C\C/C=C\CC1OC1CCCCC. The fourth-order valence-electron chi connectivity index (χ4n) is 5.88. The summed E-state index contributed by atoms with van der Waals surface area (Å²) in [5.41, 5.74) is 0. The van der Waals surface area contributed by atoms with Crippen molar-refractivity contribution < 1.29 is 28.9 Å². The molecule has 2 unspecified atom stereocenters. The number of aliphatic hydroxyl groups excluding tert-OH is 1. The van der Waals surface area contributed by atoms with Crippen molar-refractivity contribution in [3.05, 3.63) is 36.5 Å². The van der Waals surface area contributed by atoms with Crippen molar-refractivity contribution >= 4 is 11.9 Å². The molecule has 3 atom stereocenters. The molecule has 1 aliphatic heterocycles. The van der Waals surface area contributed by atoms with Gasteiger partial charge >= 0.3 is 11.9 Å². The molecule has 1 N–H and O–H groups in total.